The van der Waals surface area contributed by atoms with Gasteiger partial charge in [-0.15, -0.1) is 0 Å². The third-order valence-corrected chi connectivity index (χ3v) is 5.61. The first-order chi connectivity index (χ1) is 16.5. The summed E-state index contributed by atoms with van der Waals surface area (Å²) in [6, 6.07) is 9.40. The van der Waals surface area contributed by atoms with Crippen LogP contribution >= 0.6 is 0 Å². The van der Waals surface area contributed by atoms with Crippen molar-refractivity contribution in [2.45, 2.75) is 25.6 Å². The lowest BCUT2D eigenvalue weighted by Gasteiger charge is -2.28. The van der Waals surface area contributed by atoms with Crippen molar-refractivity contribution in [3.8, 4) is 5.69 Å². The van der Waals surface area contributed by atoms with Crippen LogP contribution in [0, 0.1) is 6.92 Å². The number of aliphatic hydroxyl groups excluding tert-OH is 1. The van der Waals surface area contributed by atoms with Gasteiger partial charge < -0.3 is 29.4 Å². The summed E-state index contributed by atoms with van der Waals surface area (Å²) in [7, 11) is 3.39. The predicted molar refractivity (Wildman–Crippen MR) is 125 cm³/mol. The quantitative estimate of drug-likeness (QED) is 0.440. The largest absolute Gasteiger partial charge is 0.459 e. The Morgan fingerprint density at radius 3 is 2.68 bits per heavy atom. The molecule has 186 valence electrons. The monoisotopic (exact) mass is 475 g/mol. The van der Waals surface area contributed by atoms with Gasteiger partial charge in [-0.3, -0.25) is 14.3 Å². The van der Waals surface area contributed by atoms with Gasteiger partial charge in [-0.05, 0) is 25.1 Å². The standard InChI is InChI=1S/C24H33N3O7/c1-17-22(24(30)27(26(17)2)19-7-5-4-6-8-19)18-15-20(23(29)25-9-11-31-3)34-21(16-18)33-14-13-32-12-10-28/h4-8,15,18,21,28H,9-14,16H2,1-3H3,(H,25,29)/t18-,21+/m0/s1. The molecule has 34 heavy (non-hydrogen) atoms. The Labute approximate surface area is 198 Å². The molecule has 1 aromatic carbocycles. The van der Waals surface area contributed by atoms with Crippen LogP contribution in [-0.4, -0.2) is 73.4 Å². The molecule has 2 N–H and O–H groups in total. The van der Waals surface area contributed by atoms with Gasteiger partial charge in [-0.2, -0.15) is 0 Å². The zero-order chi connectivity index (χ0) is 24.5. The van der Waals surface area contributed by atoms with Crippen LogP contribution in [0.4, 0.5) is 0 Å². The Morgan fingerprint density at radius 2 is 1.97 bits per heavy atom. The molecule has 1 amide bonds. The lowest BCUT2D eigenvalue weighted by atomic mass is 9.93. The third-order valence-electron chi connectivity index (χ3n) is 5.61. The van der Waals surface area contributed by atoms with E-state index in [0.717, 1.165) is 11.4 Å². The molecule has 0 spiro atoms. The number of rotatable bonds is 12. The zero-order valence-corrected chi connectivity index (χ0v) is 19.9. The molecule has 10 nitrogen and oxygen atoms in total. The molecule has 10 heteroatoms. The molecule has 0 saturated carbocycles. The van der Waals surface area contributed by atoms with Gasteiger partial charge in [0.25, 0.3) is 11.5 Å². The molecular weight excluding hydrogens is 442 g/mol. The maximum atomic E-state index is 13.5. The van der Waals surface area contributed by atoms with Crippen LogP contribution in [0.2, 0.25) is 0 Å². The lowest BCUT2D eigenvalue weighted by molar-refractivity contribution is -0.151. The molecular formula is C24H33N3O7. The Balaban J connectivity index is 1.89. The fourth-order valence-corrected chi connectivity index (χ4v) is 3.89. The first kappa shape index (κ1) is 25.7. The maximum Gasteiger partial charge on any atom is 0.286 e. The van der Waals surface area contributed by atoms with Crippen molar-refractivity contribution in [1.29, 1.82) is 0 Å². The summed E-state index contributed by atoms with van der Waals surface area (Å²) in [5.41, 5.74) is 1.98. The molecule has 0 radical (unpaired) electrons. The second-order valence-corrected chi connectivity index (χ2v) is 7.85. The van der Waals surface area contributed by atoms with Crippen LogP contribution in [0.5, 0.6) is 0 Å². The number of carbonyl (C=O) groups is 1. The number of para-hydroxylation sites is 1. The minimum absolute atomic E-state index is 0.0719. The summed E-state index contributed by atoms with van der Waals surface area (Å²) in [5, 5.41) is 11.6. The number of allylic oxidation sites excluding steroid dienone is 1. The number of aromatic nitrogens is 2. The van der Waals surface area contributed by atoms with E-state index in [1.165, 1.54) is 0 Å². The number of carbonyl (C=O) groups excluding carboxylic acids is 1. The number of nitrogens with zero attached hydrogens (tertiary/aromatic N) is 2. The maximum absolute atomic E-state index is 13.5. The van der Waals surface area contributed by atoms with E-state index in [9.17, 15) is 9.59 Å². The summed E-state index contributed by atoms with van der Waals surface area (Å²) >= 11 is 0. The second kappa shape index (κ2) is 12.5. The third kappa shape index (κ3) is 6.15. The summed E-state index contributed by atoms with van der Waals surface area (Å²) in [4.78, 5) is 26.2. The Morgan fingerprint density at radius 1 is 1.21 bits per heavy atom. The van der Waals surface area contributed by atoms with E-state index in [1.807, 2.05) is 49.0 Å². The molecule has 0 aliphatic carbocycles. The SMILES string of the molecule is COCCNC(=O)C1=C[C@H](c2c(C)n(C)n(-c3ccccc3)c2=O)C[C@H](OCCOCCO)O1. The van der Waals surface area contributed by atoms with Crippen LogP contribution < -0.4 is 10.9 Å². The average Bonchev–Trinajstić information content (AvgIpc) is 3.07. The molecule has 1 aromatic heterocycles. The highest BCUT2D eigenvalue weighted by Crippen LogP contribution is 2.32. The highest BCUT2D eigenvalue weighted by molar-refractivity contribution is 5.91. The minimum Gasteiger partial charge on any atom is -0.459 e. The van der Waals surface area contributed by atoms with E-state index in [0.29, 0.717) is 25.1 Å². The van der Waals surface area contributed by atoms with Crippen molar-refractivity contribution >= 4 is 5.91 Å². The van der Waals surface area contributed by atoms with E-state index in [-0.39, 0.29) is 43.7 Å². The van der Waals surface area contributed by atoms with Crippen molar-refractivity contribution in [2.24, 2.45) is 7.05 Å². The Bertz CT molecular complexity index is 1030. The molecule has 0 saturated heterocycles. The van der Waals surface area contributed by atoms with Crippen LogP contribution in [-0.2, 0) is 30.8 Å². The first-order valence-electron chi connectivity index (χ1n) is 11.3. The molecule has 1 aliphatic heterocycles. The van der Waals surface area contributed by atoms with Gasteiger partial charge in [0.05, 0.1) is 38.7 Å². The smallest absolute Gasteiger partial charge is 0.286 e. The summed E-state index contributed by atoms with van der Waals surface area (Å²) in [5.74, 6) is -0.685. The van der Waals surface area contributed by atoms with E-state index < -0.39 is 12.2 Å². The summed E-state index contributed by atoms with van der Waals surface area (Å²) < 4.78 is 25.3. The number of aliphatic hydroxyl groups is 1. The number of nitrogens with one attached hydrogen (secondary N) is 1. The van der Waals surface area contributed by atoms with Crippen molar-refractivity contribution in [3.05, 3.63) is 63.8 Å². The summed E-state index contributed by atoms with van der Waals surface area (Å²) in [6.45, 7) is 3.21. The minimum atomic E-state index is -0.736. The number of hydrogen-bond acceptors (Lipinski definition) is 7. The first-order valence-corrected chi connectivity index (χ1v) is 11.3. The van der Waals surface area contributed by atoms with Gasteiger partial charge in [0, 0.05) is 44.3 Å². The normalized spacial score (nSPS) is 17.8. The van der Waals surface area contributed by atoms with E-state index in [4.69, 9.17) is 24.1 Å². The predicted octanol–water partition coefficient (Wildman–Crippen LogP) is 0.986. The van der Waals surface area contributed by atoms with Crippen LogP contribution in [0.15, 0.2) is 47.0 Å². The Hall–Kier alpha value is -2.92. The topological polar surface area (TPSA) is 113 Å². The number of hydrogen-bond donors (Lipinski definition) is 2. The van der Waals surface area contributed by atoms with Gasteiger partial charge in [0.1, 0.15) is 0 Å². The van der Waals surface area contributed by atoms with E-state index >= 15 is 0 Å². The molecule has 0 unspecified atom stereocenters. The number of ether oxygens (including phenoxy) is 4. The molecule has 1 aliphatic rings. The van der Waals surface area contributed by atoms with Crippen LogP contribution in [0.25, 0.3) is 5.69 Å². The zero-order valence-electron chi connectivity index (χ0n) is 19.9. The van der Waals surface area contributed by atoms with Gasteiger partial charge in [0.15, 0.2) is 5.76 Å². The number of methoxy groups -OCH3 is 1. The van der Waals surface area contributed by atoms with Crippen molar-refractivity contribution < 1.29 is 28.8 Å². The fourth-order valence-electron chi connectivity index (χ4n) is 3.89. The fraction of sp³-hybridized carbons (Fsp3) is 0.500. The molecule has 2 atom stereocenters. The highest BCUT2D eigenvalue weighted by atomic mass is 16.7. The number of benzene rings is 1. The van der Waals surface area contributed by atoms with Gasteiger partial charge >= 0.3 is 0 Å². The second-order valence-electron chi connectivity index (χ2n) is 7.85. The molecule has 0 bridgehead atoms. The van der Waals surface area contributed by atoms with E-state index in [2.05, 4.69) is 5.32 Å². The number of amides is 1. The molecule has 2 heterocycles. The Kier molecular flexibility index (Phi) is 9.46. The van der Waals surface area contributed by atoms with Crippen molar-refractivity contribution in [1.82, 2.24) is 14.7 Å². The van der Waals surface area contributed by atoms with Crippen LogP contribution in [0.1, 0.15) is 23.6 Å². The van der Waals surface area contributed by atoms with Crippen molar-refractivity contribution in [3.63, 3.8) is 0 Å². The van der Waals surface area contributed by atoms with Gasteiger partial charge in [-0.25, -0.2) is 4.68 Å². The van der Waals surface area contributed by atoms with E-state index in [1.54, 1.807) is 17.9 Å². The average molecular weight is 476 g/mol. The highest BCUT2D eigenvalue weighted by Gasteiger charge is 2.32. The van der Waals surface area contributed by atoms with Crippen molar-refractivity contribution in [2.75, 3.05) is 46.7 Å². The van der Waals surface area contributed by atoms with Gasteiger partial charge in [-0.1, -0.05) is 18.2 Å². The summed E-state index contributed by atoms with van der Waals surface area (Å²) in [6.07, 6.45) is 1.31. The molecule has 3 rings (SSSR count). The van der Waals surface area contributed by atoms with Gasteiger partial charge in [0.2, 0.25) is 6.29 Å². The molecule has 0 fully saturated rings. The van der Waals surface area contributed by atoms with Crippen LogP contribution in [0.3, 0.4) is 0 Å². The molecule has 2 aromatic rings. The lowest BCUT2D eigenvalue weighted by Crippen LogP contribution is -2.35.